The van der Waals surface area contributed by atoms with E-state index in [0.29, 0.717) is 17.3 Å². The smallest absolute Gasteiger partial charge is 0.325 e. The fourth-order valence-corrected chi connectivity index (χ4v) is 3.78. The van der Waals surface area contributed by atoms with Gasteiger partial charge in [0, 0.05) is 22.2 Å². The maximum atomic E-state index is 12.4. The minimum atomic E-state index is -0.845. The number of benzene rings is 1. The molecule has 3 rings (SSSR count). The molecule has 1 atom stereocenters. The van der Waals surface area contributed by atoms with Gasteiger partial charge in [-0.1, -0.05) is 11.6 Å². The molecule has 1 saturated carbocycles. The first-order valence-electron chi connectivity index (χ1n) is 8.19. The lowest BCUT2D eigenvalue weighted by Gasteiger charge is -2.20. The Morgan fingerprint density at radius 1 is 1.36 bits per heavy atom. The molecule has 0 aromatic heterocycles. The maximum Gasteiger partial charge on any atom is 0.325 e. The Bertz CT molecular complexity index is 693. The van der Waals surface area contributed by atoms with E-state index in [9.17, 15) is 14.4 Å². The van der Waals surface area contributed by atoms with Crippen molar-refractivity contribution in [2.45, 2.75) is 30.2 Å². The van der Waals surface area contributed by atoms with Gasteiger partial charge in [0.1, 0.15) is 12.1 Å². The maximum absolute atomic E-state index is 12.4. The second-order valence-electron chi connectivity index (χ2n) is 6.45. The van der Waals surface area contributed by atoms with Gasteiger partial charge in [0.2, 0.25) is 5.91 Å². The molecule has 25 heavy (non-hydrogen) atoms. The van der Waals surface area contributed by atoms with Crippen LogP contribution in [0.5, 0.6) is 0 Å². The van der Waals surface area contributed by atoms with Crippen molar-refractivity contribution in [1.82, 2.24) is 15.5 Å². The molecule has 1 heterocycles. The van der Waals surface area contributed by atoms with Crippen LogP contribution in [0.4, 0.5) is 4.79 Å². The topological polar surface area (TPSA) is 78.5 Å². The number of hydrogen-bond acceptors (Lipinski definition) is 4. The molecule has 1 aliphatic carbocycles. The first-order chi connectivity index (χ1) is 11.9. The summed E-state index contributed by atoms with van der Waals surface area (Å²) >= 11 is 7.43. The molecular formula is C17H20ClN3O3S. The van der Waals surface area contributed by atoms with Crippen molar-refractivity contribution in [3.63, 3.8) is 0 Å². The lowest BCUT2D eigenvalue weighted by atomic mass is 9.96. The molecule has 1 aliphatic heterocycles. The molecule has 8 heteroatoms. The average Bonchev–Trinajstić information content (AvgIpc) is 3.40. The molecule has 1 aromatic carbocycles. The van der Waals surface area contributed by atoms with Crippen molar-refractivity contribution in [2.75, 3.05) is 18.8 Å². The number of thioether (sulfide) groups is 1. The summed E-state index contributed by atoms with van der Waals surface area (Å²) in [6.07, 6.45) is 1.87. The van der Waals surface area contributed by atoms with Crippen molar-refractivity contribution in [1.29, 1.82) is 0 Å². The van der Waals surface area contributed by atoms with Crippen LogP contribution in [0.2, 0.25) is 5.02 Å². The van der Waals surface area contributed by atoms with Crippen LogP contribution >= 0.6 is 23.4 Å². The first-order valence-corrected chi connectivity index (χ1v) is 9.55. The number of nitrogens with zero attached hydrogens (tertiary/aromatic N) is 1. The molecule has 2 fully saturated rings. The van der Waals surface area contributed by atoms with Gasteiger partial charge in [0.15, 0.2) is 0 Å². The second kappa shape index (κ2) is 7.25. The Balaban J connectivity index is 1.42. The molecule has 134 valence electrons. The number of urea groups is 1. The molecule has 0 spiro atoms. The predicted molar refractivity (Wildman–Crippen MR) is 96.6 cm³/mol. The van der Waals surface area contributed by atoms with Gasteiger partial charge in [-0.3, -0.25) is 14.5 Å². The standard InChI is InChI=1S/C17H20ClN3O3S/c1-17(11-2-3-11)15(23)21(16(24)20-17)10-14(22)19-8-9-25-13-6-4-12(18)5-7-13/h4-7,11H,2-3,8-10H2,1H3,(H,19,22)(H,20,24). The number of halogens is 1. The van der Waals surface area contributed by atoms with E-state index in [1.54, 1.807) is 18.7 Å². The zero-order chi connectivity index (χ0) is 18.0. The summed E-state index contributed by atoms with van der Waals surface area (Å²) in [4.78, 5) is 38.6. The van der Waals surface area contributed by atoms with E-state index in [1.807, 2.05) is 24.3 Å². The van der Waals surface area contributed by atoms with Crippen LogP contribution in [0.3, 0.4) is 0 Å². The zero-order valence-electron chi connectivity index (χ0n) is 13.9. The number of rotatable bonds is 7. The number of hydrogen-bond donors (Lipinski definition) is 2. The van der Waals surface area contributed by atoms with Gasteiger partial charge in [-0.15, -0.1) is 11.8 Å². The Morgan fingerprint density at radius 2 is 2.04 bits per heavy atom. The van der Waals surface area contributed by atoms with E-state index < -0.39 is 11.6 Å². The summed E-state index contributed by atoms with van der Waals surface area (Å²) < 4.78 is 0. The molecule has 0 bridgehead atoms. The van der Waals surface area contributed by atoms with E-state index in [2.05, 4.69) is 10.6 Å². The minimum absolute atomic E-state index is 0.188. The molecule has 4 amide bonds. The van der Waals surface area contributed by atoms with Crippen molar-refractivity contribution in [3.05, 3.63) is 29.3 Å². The van der Waals surface area contributed by atoms with Gasteiger partial charge in [-0.2, -0.15) is 0 Å². The van der Waals surface area contributed by atoms with Gasteiger partial charge in [-0.25, -0.2) is 4.79 Å². The van der Waals surface area contributed by atoms with Crippen molar-refractivity contribution >= 4 is 41.2 Å². The highest BCUT2D eigenvalue weighted by Gasteiger charge is 2.56. The number of nitrogens with one attached hydrogen (secondary N) is 2. The van der Waals surface area contributed by atoms with Gasteiger partial charge < -0.3 is 10.6 Å². The molecule has 2 N–H and O–H groups in total. The molecular weight excluding hydrogens is 362 g/mol. The van der Waals surface area contributed by atoms with Crippen molar-refractivity contribution < 1.29 is 14.4 Å². The lowest BCUT2D eigenvalue weighted by Crippen LogP contribution is -2.47. The highest BCUT2D eigenvalue weighted by Crippen LogP contribution is 2.42. The minimum Gasteiger partial charge on any atom is -0.354 e. The molecule has 2 aliphatic rings. The van der Waals surface area contributed by atoms with Gasteiger partial charge in [0.25, 0.3) is 5.91 Å². The summed E-state index contributed by atoms with van der Waals surface area (Å²) in [7, 11) is 0. The lowest BCUT2D eigenvalue weighted by molar-refractivity contribution is -0.135. The molecule has 1 unspecified atom stereocenters. The van der Waals surface area contributed by atoms with Crippen LogP contribution in [0.25, 0.3) is 0 Å². The number of carbonyl (C=O) groups is 3. The van der Waals surface area contributed by atoms with Crippen LogP contribution in [0.1, 0.15) is 19.8 Å². The second-order valence-corrected chi connectivity index (χ2v) is 8.06. The van der Waals surface area contributed by atoms with Crippen LogP contribution < -0.4 is 10.6 Å². The van der Waals surface area contributed by atoms with E-state index in [0.717, 1.165) is 22.6 Å². The fourth-order valence-electron chi connectivity index (χ4n) is 2.89. The summed E-state index contributed by atoms with van der Waals surface area (Å²) in [5.74, 6) is 0.242. The number of amides is 4. The third-order valence-electron chi connectivity index (χ3n) is 4.50. The van der Waals surface area contributed by atoms with Gasteiger partial charge in [-0.05, 0) is 49.9 Å². The third kappa shape index (κ3) is 4.10. The van der Waals surface area contributed by atoms with E-state index in [-0.39, 0.29) is 24.3 Å². The van der Waals surface area contributed by atoms with Crippen molar-refractivity contribution in [2.24, 2.45) is 5.92 Å². The number of carbonyl (C=O) groups excluding carboxylic acids is 3. The van der Waals surface area contributed by atoms with Crippen LogP contribution in [-0.4, -0.2) is 47.1 Å². The first kappa shape index (κ1) is 18.1. The van der Waals surface area contributed by atoms with E-state index in [4.69, 9.17) is 11.6 Å². The summed E-state index contributed by atoms with van der Waals surface area (Å²) in [5, 5.41) is 6.16. The zero-order valence-corrected chi connectivity index (χ0v) is 15.5. The van der Waals surface area contributed by atoms with Gasteiger partial charge >= 0.3 is 6.03 Å². The SMILES string of the molecule is CC1(C2CC2)NC(=O)N(CC(=O)NCCSc2ccc(Cl)cc2)C1=O. The van der Waals surface area contributed by atoms with E-state index >= 15 is 0 Å². The van der Waals surface area contributed by atoms with Crippen LogP contribution in [-0.2, 0) is 9.59 Å². The number of imide groups is 1. The summed E-state index contributed by atoms with van der Waals surface area (Å²) in [6.45, 7) is 1.96. The summed E-state index contributed by atoms with van der Waals surface area (Å²) in [5.41, 5.74) is -0.845. The summed E-state index contributed by atoms with van der Waals surface area (Å²) in [6, 6.07) is 6.99. The van der Waals surface area contributed by atoms with Crippen LogP contribution in [0.15, 0.2) is 29.2 Å². The van der Waals surface area contributed by atoms with Gasteiger partial charge in [0.05, 0.1) is 0 Å². The molecule has 6 nitrogen and oxygen atoms in total. The Kier molecular flexibility index (Phi) is 5.24. The molecule has 0 radical (unpaired) electrons. The highest BCUT2D eigenvalue weighted by atomic mass is 35.5. The Labute approximate surface area is 155 Å². The fraction of sp³-hybridized carbons (Fsp3) is 0.471. The van der Waals surface area contributed by atoms with Crippen molar-refractivity contribution in [3.8, 4) is 0 Å². The quantitative estimate of drug-likeness (QED) is 0.431. The molecule has 1 aromatic rings. The monoisotopic (exact) mass is 381 g/mol. The average molecular weight is 382 g/mol. The molecule has 1 saturated heterocycles. The third-order valence-corrected chi connectivity index (χ3v) is 5.77. The Hall–Kier alpha value is -1.73. The predicted octanol–water partition coefficient (Wildman–Crippen LogP) is 2.27. The van der Waals surface area contributed by atoms with Crippen LogP contribution in [0, 0.1) is 5.92 Å². The normalized spacial score (nSPS) is 22.9. The highest BCUT2D eigenvalue weighted by molar-refractivity contribution is 7.99. The van der Waals surface area contributed by atoms with E-state index in [1.165, 1.54) is 0 Å². The largest absolute Gasteiger partial charge is 0.354 e. The Morgan fingerprint density at radius 3 is 2.68 bits per heavy atom.